The highest BCUT2D eigenvalue weighted by Gasteiger charge is 2.51. The molecule has 0 aliphatic heterocycles. The summed E-state index contributed by atoms with van der Waals surface area (Å²) in [6.07, 6.45) is 3.92. The summed E-state index contributed by atoms with van der Waals surface area (Å²) in [6.45, 7) is 7.88. The zero-order chi connectivity index (χ0) is 11.5. The van der Waals surface area contributed by atoms with Crippen LogP contribution in [0.3, 0.4) is 0 Å². The quantitative estimate of drug-likeness (QED) is 0.762. The standard InChI is InChI=1S/C12H23NO2/c1-4-10-8-7-9-12(10,11(14)15)13(5-2)6-3/h10H,4-9H2,1-3H3,(H,14,15). The van der Waals surface area contributed by atoms with Crippen LogP contribution in [-0.4, -0.2) is 34.6 Å². The molecule has 2 atom stereocenters. The number of carboxylic acids is 1. The van der Waals surface area contributed by atoms with Crippen LogP contribution in [0.25, 0.3) is 0 Å². The molecule has 3 nitrogen and oxygen atoms in total. The average molecular weight is 213 g/mol. The Hall–Kier alpha value is -0.570. The van der Waals surface area contributed by atoms with Crippen molar-refractivity contribution < 1.29 is 9.90 Å². The van der Waals surface area contributed by atoms with Gasteiger partial charge in [-0.25, -0.2) is 0 Å². The second-order valence-corrected chi connectivity index (χ2v) is 4.40. The molecule has 88 valence electrons. The summed E-state index contributed by atoms with van der Waals surface area (Å²) >= 11 is 0. The van der Waals surface area contributed by atoms with Crippen LogP contribution in [0.1, 0.15) is 46.5 Å². The minimum absolute atomic E-state index is 0.329. The number of carboxylic acid groups (broad SMARTS) is 1. The lowest BCUT2D eigenvalue weighted by Crippen LogP contribution is -2.56. The Bertz CT molecular complexity index is 226. The van der Waals surface area contributed by atoms with Gasteiger partial charge in [0.25, 0.3) is 0 Å². The summed E-state index contributed by atoms with van der Waals surface area (Å²) in [7, 11) is 0. The predicted octanol–water partition coefficient (Wildman–Crippen LogP) is 2.36. The lowest BCUT2D eigenvalue weighted by Gasteiger charge is -2.41. The highest BCUT2D eigenvalue weighted by Crippen LogP contribution is 2.42. The SMILES string of the molecule is CCC1CCCC1(C(=O)O)N(CC)CC. The predicted molar refractivity (Wildman–Crippen MR) is 60.9 cm³/mol. The zero-order valence-corrected chi connectivity index (χ0v) is 10.1. The van der Waals surface area contributed by atoms with Crippen LogP contribution in [0.15, 0.2) is 0 Å². The van der Waals surface area contributed by atoms with Crippen molar-refractivity contribution in [2.24, 2.45) is 5.92 Å². The summed E-state index contributed by atoms with van der Waals surface area (Å²) in [5.74, 6) is -0.287. The van der Waals surface area contributed by atoms with Gasteiger partial charge in [-0.1, -0.05) is 33.6 Å². The molecule has 1 N–H and O–H groups in total. The van der Waals surface area contributed by atoms with Gasteiger partial charge in [0.1, 0.15) is 5.54 Å². The van der Waals surface area contributed by atoms with Crippen molar-refractivity contribution in [1.82, 2.24) is 4.90 Å². The van der Waals surface area contributed by atoms with E-state index < -0.39 is 11.5 Å². The molecule has 15 heavy (non-hydrogen) atoms. The van der Waals surface area contributed by atoms with E-state index in [-0.39, 0.29) is 0 Å². The first kappa shape index (κ1) is 12.5. The normalized spacial score (nSPS) is 31.1. The van der Waals surface area contributed by atoms with Gasteiger partial charge in [-0.2, -0.15) is 0 Å². The van der Waals surface area contributed by atoms with Gasteiger partial charge >= 0.3 is 5.97 Å². The van der Waals surface area contributed by atoms with E-state index in [0.29, 0.717) is 5.92 Å². The molecule has 2 unspecified atom stereocenters. The zero-order valence-electron chi connectivity index (χ0n) is 10.1. The Morgan fingerprint density at radius 3 is 2.40 bits per heavy atom. The second kappa shape index (κ2) is 4.97. The molecule has 0 aromatic rings. The molecule has 0 radical (unpaired) electrons. The Morgan fingerprint density at radius 1 is 1.40 bits per heavy atom. The van der Waals surface area contributed by atoms with E-state index in [1.54, 1.807) is 0 Å². The molecule has 0 saturated heterocycles. The van der Waals surface area contributed by atoms with Crippen LogP contribution >= 0.6 is 0 Å². The highest BCUT2D eigenvalue weighted by atomic mass is 16.4. The molecular formula is C12H23NO2. The Morgan fingerprint density at radius 2 is 2.00 bits per heavy atom. The molecular weight excluding hydrogens is 190 g/mol. The van der Waals surface area contributed by atoms with Crippen LogP contribution in [0.5, 0.6) is 0 Å². The van der Waals surface area contributed by atoms with Gasteiger partial charge in [0, 0.05) is 0 Å². The van der Waals surface area contributed by atoms with Crippen molar-refractivity contribution in [2.45, 2.75) is 52.0 Å². The molecule has 0 spiro atoms. The minimum atomic E-state index is -0.615. The summed E-state index contributed by atoms with van der Waals surface area (Å²) in [5.41, 5.74) is -0.571. The van der Waals surface area contributed by atoms with Crippen molar-refractivity contribution in [2.75, 3.05) is 13.1 Å². The lowest BCUT2D eigenvalue weighted by atomic mass is 9.83. The molecule has 0 aromatic carbocycles. The molecule has 1 aliphatic rings. The number of aliphatic carboxylic acids is 1. The van der Waals surface area contributed by atoms with E-state index in [9.17, 15) is 9.90 Å². The number of hydrogen-bond donors (Lipinski definition) is 1. The fourth-order valence-electron chi connectivity index (χ4n) is 3.22. The number of rotatable bonds is 5. The Labute approximate surface area is 92.5 Å². The Balaban J connectivity index is 3.01. The molecule has 0 aromatic heterocycles. The van der Waals surface area contributed by atoms with E-state index in [0.717, 1.165) is 38.8 Å². The number of carbonyl (C=O) groups is 1. The molecule has 0 amide bonds. The summed E-state index contributed by atoms with van der Waals surface area (Å²) in [5, 5.41) is 9.56. The van der Waals surface area contributed by atoms with E-state index in [1.807, 2.05) is 0 Å². The summed E-state index contributed by atoms with van der Waals surface area (Å²) in [4.78, 5) is 13.7. The van der Waals surface area contributed by atoms with Crippen LogP contribution < -0.4 is 0 Å². The smallest absolute Gasteiger partial charge is 0.324 e. The van der Waals surface area contributed by atoms with Gasteiger partial charge in [-0.15, -0.1) is 0 Å². The molecule has 1 aliphatic carbocycles. The van der Waals surface area contributed by atoms with Crippen LogP contribution in [-0.2, 0) is 4.79 Å². The van der Waals surface area contributed by atoms with Gasteiger partial charge in [0.15, 0.2) is 0 Å². The number of nitrogens with zero attached hydrogens (tertiary/aromatic N) is 1. The van der Waals surface area contributed by atoms with Crippen molar-refractivity contribution in [1.29, 1.82) is 0 Å². The van der Waals surface area contributed by atoms with Crippen molar-refractivity contribution >= 4 is 5.97 Å². The first-order valence-corrected chi connectivity index (χ1v) is 6.11. The molecule has 0 heterocycles. The monoisotopic (exact) mass is 213 g/mol. The van der Waals surface area contributed by atoms with Crippen molar-refractivity contribution in [3.8, 4) is 0 Å². The maximum Gasteiger partial charge on any atom is 0.324 e. The van der Waals surface area contributed by atoms with E-state index in [2.05, 4.69) is 25.7 Å². The maximum absolute atomic E-state index is 11.6. The molecule has 3 heteroatoms. The van der Waals surface area contributed by atoms with Crippen molar-refractivity contribution in [3.05, 3.63) is 0 Å². The topological polar surface area (TPSA) is 40.5 Å². The first-order valence-electron chi connectivity index (χ1n) is 6.11. The van der Waals surface area contributed by atoms with Crippen LogP contribution in [0.2, 0.25) is 0 Å². The van der Waals surface area contributed by atoms with Gasteiger partial charge in [0.2, 0.25) is 0 Å². The average Bonchev–Trinajstić information content (AvgIpc) is 2.64. The third-order valence-electron chi connectivity index (χ3n) is 3.98. The minimum Gasteiger partial charge on any atom is -0.480 e. The van der Waals surface area contributed by atoms with Gasteiger partial charge < -0.3 is 5.11 Å². The van der Waals surface area contributed by atoms with Crippen molar-refractivity contribution in [3.63, 3.8) is 0 Å². The third-order valence-corrected chi connectivity index (χ3v) is 3.98. The van der Waals surface area contributed by atoms with Crippen LogP contribution in [0, 0.1) is 5.92 Å². The molecule has 1 rings (SSSR count). The summed E-state index contributed by atoms with van der Waals surface area (Å²) in [6, 6.07) is 0. The van der Waals surface area contributed by atoms with Gasteiger partial charge in [-0.3, -0.25) is 9.69 Å². The van der Waals surface area contributed by atoms with Gasteiger partial charge in [-0.05, 0) is 31.8 Å². The van der Waals surface area contributed by atoms with Crippen LogP contribution in [0.4, 0.5) is 0 Å². The Kier molecular flexibility index (Phi) is 4.14. The van der Waals surface area contributed by atoms with E-state index >= 15 is 0 Å². The molecule has 0 bridgehead atoms. The highest BCUT2D eigenvalue weighted by molar-refractivity contribution is 5.79. The fraction of sp³-hybridized carbons (Fsp3) is 0.917. The molecule has 1 fully saturated rings. The fourth-order valence-corrected chi connectivity index (χ4v) is 3.22. The second-order valence-electron chi connectivity index (χ2n) is 4.40. The third kappa shape index (κ3) is 1.89. The maximum atomic E-state index is 11.6. The largest absolute Gasteiger partial charge is 0.480 e. The summed E-state index contributed by atoms with van der Waals surface area (Å²) < 4.78 is 0. The molecule has 1 saturated carbocycles. The van der Waals surface area contributed by atoms with E-state index in [1.165, 1.54) is 0 Å². The van der Waals surface area contributed by atoms with Gasteiger partial charge in [0.05, 0.1) is 0 Å². The number of hydrogen-bond acceptors (Lipinski definition) is 2. The first-order chi connectivity index (χ1) is 7.13. The van der Waals surface area contributed by atoms with E-state index in [4.69, 9.17) is 0 Å². The number of likely N-dealkylation sites (N-methyl/N-ethyl adjacent to an activating group) is 1. The lowest BCUT2D eigenvalue weighted by molar-refractivity contribution is -0.154.